The van der Waals surface area contributed by atoms with Crippen LogP contribution in [0.15, 0.2) is 24.3 Å². The van der Waals surface area contributed by atoms with Gasteiger partial charge in [0.25, 0.3) is 0 Å². The Kier molecular flexibility index (Phi) is 34.4. The number of phosphoric ester groups is 1. The number of rotatable bonds is 39. The molecule has 8 atom stereocenters. The van der Waals surface area contributed by atoms with Gasteiger partial charge in [0.2, 0.25) is 0 Å². The number of aliphatic hydroxyl groups is 5. The summed E-state index contributed by atoms with van der Waals surface area (Å²) < 4.78 is 38.4. The van der Waals surface area contributed by atoms with E-state index >= 15 is 0 Å². The summed E-state index contributed by atoms with van der Waals surface area (Å²) in [5.74, 6) is -0.644. The SMILES string of the molecule is CCCCC[C@H](O)/C=C/[C@H]1OC(O)C[C@H](O)[C@@H]1C/C=C\CCCC(=O)O[C@H](COC(=O)CCCCCCCCCCCCCCCCC(C)C)COP(=O)(O)OC[C@@H](O)CO. The van der Waals surface area contributed by atoms with E-state index < -0.39 is 83.0 Å². The molecular weight excluding hydrogens is 807 g/mol. The van der Waals surface area contributed by atoms with Crippen LogP contribution in [0.4, 0.5) is 0 Å². The molecule has 0 aromatic rings. The van der Waals surface area contributed by atoms with E-state index in [-0.39, 0.29) is 25.2 Å². The third-order valence-corrected chi connectivity index (χ3v) is 11.8. The van der Waals surface area contributed by atoms with Crippen molar-refractivity contribution in [2.24, 2.45) is 11.8 Å². The Labute approximate surface area is 367 Å². The van der Waals surface area contributed by atoms with Crippen molar-refractivity contribution in [3.8, 4) is 0 Å². The number of aliphatic hydroxyl groups excluding tert-OH is 5. The van der Waals surface area contributed by atoms with Crippen LogP contribution in [0, 0.1) is 11.8 Å². The van der Waals surface area contributed by atoms with Crippen molar-refractivity contribution >= 4 is 19.8 Å². The highest BCUT2D eigenvalue weighted by Gasteiger charge is 2.35. The van der Waals surface area contributed by atoms with E-state index in [1.807, 2.05) is 12.2 Å². The molecular formula is C46H85O14P. The number of ether oxygens (including phenoxy) is 3. The molecule has 1 heterocycles. The minimum atomic E-state index is -4.70. The minimum Gasteiger partial charge on any atom is -0.462 e. The highest BCUT2D eigenvalue weighted by molar-refractivity contribution is 7.47. The first-order chi connectivity index (χ1) is 29.3. The standard InChI is InChI=1S/C46H85O14P/c1-4-5-20-26-38(48)30-31-43-41(42(50)32-46(53)60-43)27-22-18-19-24-29-45(52)59-40(36-58-61(54,55)57-34-39(49)33-47)35-56-44(51)28-23-17-15-13-11-9-7-6-8-10-12-14-16-21-25-37(2)3/h18,22,30-31,37-43,46-50,53H,4-17,19-21,23-29,32-36H2,1-3H3,(H,54,55)/b22-18-,31-30+/t38-,39-,40+,41-,42-,43+,46?/m0/s1. The first-order valence-corrected chi connectivity index (χ1v) is 25.0. The Hall–Kier alpha value is -1.71. The lowest BCUT2D eigenvalue weighted by atomic mass is 9.87. The molecule has 14 nitrogen and oxygen atoms in total. The van der Waals surface area contributed by atoms with Crippen LogP contribution in [-0.4, -0.2) is 106 Å². The predicted octanol–water partition coefficient (Wildman–Crippen LogP) is 8.52. The van der Waals surface area contributed by atoms with Gasteiger partial charge in [0.15, 0.2) is 12.4 Å². The lowest BCUT2D eigenvalue weighted by Crippen LogP contribution is -2.43. The second kappa shape index (κ2) is 36.6. The maximum Gasteiger partial charge on any atom is 0.472 e. The fourth-order valence-electron chi connectivity index (χ4n) is 7.10. The zero-order valence-corrected chi connectivity index (χ0v) is 38.7. The zero-order chi connectivity index (χ0) is 45.1. The first kappa shape index (κ1) is 57.3. The molecule has 0 aromatic carbocycles. The van der Waals surface area contributed by atoms with Crippen LogP contribution in [0.25, 0.3) is 0 Å². The van der Waals surface area contributed by atoms with Gasteiger partial charge in [-0.3, -0.25) is 18.6 Å². The van der Waals surface area contributed by atoms with Crippen LogP contribution in [0.2, 0.25) is 0 Å². The predicted molar refractivity (Wildman–Crippen MR) is 236 cm³/mol. The third-order valence-electron chi connectivity index (χ3n) is 10.8. The van der Waals surface area contributed by atoms with Gasteiger partial charge in [-0.05, 0) is 38.0 Å². The van der Waals surface area contributed by atoms with Crippen molar-refractivity contribution in [2.75, 3.05) is 26.4 Å². The van der Waals surface area contributed by atoms with E-state index in [0.29, 0.717) is 32.1 Å². The van der Waals surface area contributed by atoms with Crippen molar-refractivity contribution in [1.29, 1.82) is 0 Å². The van der Waals surface area contributed by atoms with Gasteiger partial charge in [-0.2, -0.15) is 0 Å². The molecule has 6 N–H and O–H groups in total. The van der Waals surface area contributed by atoms with E-state index in [4.69, 9.17) is 23.8 Å². The van der Waals surface area contributed by atoms with Gasteiger partial charge in [0.05, 0.1) is 38.1 Å². The highest BCUT2D eigenvalue weighted by atomic mass is 31.2. The average Bonchev–Trinajstić information content (AvgIpc) is 3.21. The summed E-state index contributed by atoms with van der Waals surface area (Å²) in [6, 6.07) is 0. The number of carbonyl (C=O) groups excluding carboxylic acids is 2. The van der Waals surface area contributed by atoms with Crippen molar-refractivity contribution in [3.05, 3.63) is 24.3 Å². The number of hydrogen-bond donors (Lipinski definition) is 6. The van der Waals surface area contributed by atoms with Crippen LogP contribution in [0.3, 0.4) is 0 Å². The molecule has 2 unspecified atom stereocenters. The Morgan fingerprint density at radius 1 is 0.754 bits per heavy atom. The number of allylic oxidation sites excluding steroid dienone is 2. The first-order valence-electron chi connectivity index (χ1n) is 23.5. The molecule has 1 rings (SSSR count). The van der Waals surface area contributed by atoms with Gasteiger partial charge < -0.3 is 44.6 Å². The maximum absolute atomic E-state index is 12.8. The molecule has 1 aliphatic heterocycles. The Morgan fingerprint density at radius 2 is 1.33 bits per heavy atom. The smallest absolute Gasteiger partial charge is 0.462 e. The normalized spacial score (nSPS) is 20.9. The van der Waals surface area contributed by atoms with E-state index in [9.17, 15) is 39.5 Å². The molecule has 0 amide bonds. The molecule has 0 aromatic heterocycles. The molecule has 0 aliphatic carbocycles. The van der Waals surface area contributed by atoms with Crippen LogP contribution >= 0.6 is 7.82 Å². The fraction of sp³-hybridized carbons (Fsp3) is 0.870. The van der Waals surface area contributed by atoms with Crippen LogP contribution in [-0.2, 0) is 37.4 Å². The number of unbranched alkanes of at least 4 members (excludes halogenated alkanes) is 16. The summed E-state index contributed by atoms with van der Waals surface area (Å²) in [6.07, 6.45) is 24.7. The summed E-state index contributed by atoms with van der Waals surface area (Å²) in [4.78, 5) is 35.3. The molecule has 0 saturated carbocycles. The minimum absolute atomic E-state index is 0.00785. The van der Waals surface area contributed by atoms with Crippen LogP contribution in [0.5, 0.6) is 0 Å². The second-order valence-electron chi connectivity index (χ2n) is 17.1. The number of hydrogen-bond acceptors (Lipinski definition) is 13. The largest absolute Gasteiger partial charge is 0.472 e. The summed E-state index contributed by atoms with van der Waals surface area (Å²) in [5.41, 5.74) is 0. The Balaban J connectivity index is 2.46. The molecule has 15 heteroatoms. The number of carbonyl (C=O) groups is 2. The van der Waals surface area contributed by atoms with E-state index in [1.165, 1.54) is 70.6 Å². The maximum atomic E-state index is 12.8. The van der Waals surface area contributed by atoms with Gasteiger partial charge in [-0.1, -0.05) is 154 Å². The lowest BCUT2D eigenvalue weighted by Gasteiger charge is -2.36. The zero-order valence-electron chi connectivity index (χ0n) is 37.8. The summed E-state index contributed by atoms with van der Waals surface area (Å²) in [7, 11) is -4.70. The molecule has 0 spiro atoms. The monoisotopic (exact) mass is 893 g/mol. The van der Waals surface area contributed by atoms with Crippen LogP contribution < -0.4 is 0 Å². The topological polar surface area (TPSA) is 219 Å². The molecule has 1 aliphatic rings. The van der Waals surface area contributed by atoms with Crippen LogP contribution in [0.1, 0.15) is 181 Å². The van der Waals surface area contributed by atoms with Gasteiger partial charge in [-0.15, -0.1) is 0 Å². The van der Waals surface area contributed by atoms with Crippen molar-refractivity contribution in [1.82, 2.24) is 0 Å². The van der Waals surface area contributed by atoms with Crippen molar-refractivity contribution in [2.45, 2.75) is 218 Å². The molecule has 0 radical (unpaired) electrons. The Bertz CT molecular complexity index is 1200. The molecule has 0 bridgehead atoms. The molecule has 1 fully saturated rings. The summed E-state index contributed by atoms with van der Waals surface area (Å²) in [6.45, 7) is 4.30. The molecule has 61 heavy (non-hydrogen) atoms. The summed E-state index contributed by atoms with van der Waals surface area (Å²) >= 11 is 0. The van der Waals surface area contributed by atoms with E-state index in [1.54, 1.807) is 12.2 Å². The lowest BCUT2D eigenvalue weighted by molar-refractivity contribution is -0.199. The molecule has 1 saturated heterocycles. The fourth-order valence-corrected chi connectivity index (χ4v) is 7.89. The van der Waals surface area contributed by atoms with Gasteiger partial charge in [0.1, 0.15) is 12.7 Å². The quantitative estimate of drug-likeness (QED) is 0.0148. The van der Waals surface area contributed by atoms with Gasteiger partial charge in [-0.25, -0.2) is 4.57 Å². The number of esters is 2. The van der Waals surface area contributed by atoms with Crippen molar-refractivity contribution in [3.63, 3.8) is 0 Å². The third kappa shape index (κ3) is 32.6. The average molecular weight is 893 g/mol. The van der Waals surface area contributed by atoms with E-state index in [0.717, 1.165) is 44.4 Å². The van der Waals surface area contributed by atoms with Gasteiger partial charge >= 0.3 is 19.8 Å². The number of phosphoric acid groups is 1. The van der Waals surface area contributed by atoms with Gasteiger partial charge in [0, 0.05) is 25.2 Å². The van der Waals surface area contributed by atoms with E-state index in [2.05, 4.69) is 25.3 Å². The molecule has 358 valence electrons. The summed E-state index contributed by atoms with van der Waals surface area (Å²) in [5, 5.41) is 49.4. The highest BCUT2D eigenvalue weighted by Crippen LogP contribution is 2.43. The van der Waals surface area contributed by atoms with Crippen molar-refractivity contribution < 1.29 is 67.8 Å². The second-order valence-corrected chi connectivity index (χ2v) is 18.6. The Morgan fingerprint density at radius 3 is 1.93 bits per heavy atom.